The molecule has 0 amide bonds. The van der Waals surface area contributed by atoms with E-state index in [9.17, 15) is 4.79 Å². The highest BCUT2D eigenvalue weighted by Gasteiger charge is 2.08. The first-order valence-electron chi connectivity index (χ1n) is 4.24. The molecule has 0 aromatic carbocycles. The van der Waals surface area contributed by atoms with E-state index in [1.807, 2.05) is 23.6 Å². The van der Waals surface area contributed by atoms with Gasteiger partial charge in [-0.2, -0.15) is 0 Å². The van der Waals surface area contributed by atoms with Crippen LogP contribution in [0.25, 0.3) is 0 Å². The molecule has 0 aliphatic carbocycles. The number of halogens is 1. The summed E-state index contributed by atoms with van der Waals surface area (Å²) in [4.78, 5) is 12.7. The van der Waals surface area contributed by atoms with Crippen LogP contribution in [0.2, 0.25) is 0 Å². The second kappa shape index (κ2) is 4.61. The van der Waals surface area contributed by atoms with Gasteiger partial charge in [-0.3, -0.25) is 0 Å². The van der Waals surface area contributed by atoms with Crippen molar-refractivity contribution < 1.29 is 9.90 Å². The molecule has 4 nitrogen and oxygen atoms in total. The standard InChI is InChI=1S/C9H13BrN2O2/c1-11(2)3-4-12-6-7(9(13)14)5-8(12)10/h5-6H,3-4H2,1-2H3,(H,13,14). The minimum absolute atomic E-state index is 0.315. The summed E-state index contributed by atoms with van der Waals surface area (Å²) in [6.45, 7) is 1.66. The number of likely N-dealkylation sites (N-methyl/N-ethyl adjacent to an activating group) is 1. The number of aromatic carboxylic acids is 1. The smallest absolute Gasteiger partial charge is 0.337 e. The summed E-state index contributed by atoms with van der Waals surface area (Å²) >= 11 is 3.32. The molecule has 0 radical (unpaired) electrons. The minimum Gasteiger partial charge on any atom is -0.478 e. The Kier molecular flexibility index (Phi) is 3.71. The van der Waals surface area contributed by atoms with Crippen molar-refractivity contribution in [1.29, 1.82) is 0 Å². The van der Waals surface area contributed by atoms with Crippen LogP contribution in [0.4, 0.5) is 0 Å². The topological polar surface area (TPSA) is 45.5 Å². The fourth-order valence-corrected chi connectivity index (χ4v) is 1.60. The minimum atomic E-state index is -0.894. The number of nitrogens with zero attached hydrogens (tertiary/aromatic N) is 2. The van der Waals surface area contributed by atoms with E-state index in [2.05, 4.69) is 15.9 Å². The SMILES string of the molecule is CN(C)CCn1cc(C(=O)O)cc1Br. The van der Waals surface area contributed by atoms with E-state index in [1.54, 1.807) is 12.3 Å². The maximum absolute atomic E-state index is 10.7. The fraction of sp³-hybridized carbons (Fsp3) is 0.444. The molecule has 0 bridgehead atoms. The van der Waals surface area contributed by atoms with Gasteiger partial charge < -0.3 is 14.6 Å². The molecule has 1 aromatic heterocycles. The zero-order valence-electron chi connectivity index (χ0n) is 8.20. The van der Waals surface area contributed by atoms with E-state index >= 15 is 0 Å². The van der Waals surface area contributed by atoms with E-state index in [-0.39, 0.29) is 0 Å². The molecule has 5 heteroatoms. The van der Waals surface area contributed by atoms with Gasteiger partial charge in [0.05, 0.1) is 10.2 Å². The van der Waals surface area contributed by atoms with Crippen molar-refractivity contribution in [2.45, 2.75) is 6.54 Å². The predicted molar refractivity (Wildman–Crippen MR) is 57.6 cm³/mol. The van der Waals surface area contributed by atoms with Crippen LogP contribution in [0, 0.1) is 0 Å². The van der Waals surface area contributed by atoms with Crippen LogP contribution in [0.3, 0.4) is 0 Å². The van der Waals surface area contributed by atoms with Gasteiger partial charge in [-0.15, -0.1) is 0 Å². The van der Waals surface area contributed by atoms with Gasteiger partial charge in [0.1, 0.15) is 0 Å². The third kappa shape index (κ3) is 2.85. The van der Waals surface area contributed by atoms with Crippen LogP contribution < -0.4 is 0 Å². The van der Waals surface area contributed by atoms with Crippen molar-refractivity contribution in [3.05, 3.63) is 22.4 Å². The van der Waals surface area contributed by atoms with Gasteiger partial charge in [-0.1, -0.05) is 0 Å². The molecule has 14 heavy (non-hydrogen) atoms. The maximum atomic E-state index is 10.7. The van der Waals surface area contributed by atoms with Crippen molar-refractivity contribution in [2.24, 2.45) is 0 Å². The monoisotopic (exact) mass is 260 g/mol. The van der Waals surface area contributed by atoms with Gasteiger partial charge >= 0.3 is 5.97 Å². The summed E-state index contributed by atoms with van der Waals surface area (Å²) in [7, 11) is 3.96. The van der Waals surface area contributed by atoms with E-state index in [4.69, 9.17) is 5.11 Å². The molecular formula is C9H13BrN2O2. The van der Waals surface area contributed by atoms with Crippen molar-refractivity contribution in [3.8, 4) is 0 Å². The summed E-state index contributed by atoms with van der Waals surface area (Å²) in [6, 6.07) is 1.61. The largest absolute Gasteiger partial charge is 0.478 e. The Balaban J connectivity index is 2.72. The Labute approximate surface area is 91.3 Å². The summed E-state index contributed by atoms with van der Waals surface area (Å²) in [5.41, 5.74) is 0.315. The lowest BCUT2D eigenvalue weighted by Crippen LogP contribution is -2.18. The molecule has 0 aliphatic heterocycles. The van der Waals surface area contributed by atoms with Crippen molar-refractivity contribution in [3.63, 3.8) is 0 Å². The molecule has 1 heterocycles. The number of carboxylic acid groups (broad SMARTS) is 1. The van der Waals surface area contributed by atoms with E-state index in [1.165, 1.54) is 0 Å². The van der Waals surface area contributed by atoms with Gasteiger partial charge in [-0.05, 0) is 36.1 Å². The van der Waals surface area contributed by atoms with Gasteiger partial charge in [0.2, 0.25) is 0 Å². The maximum Gasteiger partial charge on any atom is 0.337 e. The van der Waals surface area contributed by atoms with Gasteiger partial charge in [0, 0.05) is 19.3 Å². The average Bonchev–Trinajstić information content (AvgIpc) is 2.43. The molecular weight excluding hydrogens is 248 g/mol. The van der Waals surface area contributed by atoms with E-state index < -0.39 is 5.97 Å². The highest BCUT2D eigenvalue weighted by Crippen LogP contribution is 2.15. The predicted octanol–water partition coefficient (Wildman–Crippen LogP) is 1.51. The van der Waals surface area contributed by atoms with Crippen LogP contribution in [0.1, 0.15) is 10.4 Å². The van der Waals surface area contributed by atoms with Crippen LogP contribution in [-0.4, -0.2) is 41.2 Å². The van der Waals surface area contributed by atoms with Gasteiger partial charge in [0.25, 0.3) is 0 Å². The lowest BCUT2D eigenvalue weighted by molar-refractivity contribution is 0.0697. The molecule has 0 fully saturated rings. The number of carbonyl (C=O) groups is 1. The first-order valence-corrected chi connectivity index (χ1v) is 5.03. The second-order valence-corrected chi connectivity index (χ2v) is 4.17. The zero-order valence-corrected chi connectivity index (χ0v) is 9.78. The summed E-state index contributed by atoms with van der Waals surface area (Å²) in [5, 5.41) is 8.76. The number of hydrogen-bond donors (Lipinski definition) is 1. The van der Waals surface area contributed by atoms with Crippen LogP contribution >= 0.6 is 15.9 Å². The first kappa shape index (κ1) is 11.3. The Bertz CT molecular complexity index is 334. The molecule has 78 valence electrons. The van der Waals surface area contributed by atoms with Crippen molar-refractivity contribution in [1.82, 2.24) is 9.47 Å². The molecule has 1 rings (SSSR count). The Morgan fingerprint density at radius 1 is 1.64 bits per heavy atom. The molecule has 1 aromatic rings. The molecule has 0 saturated heterocycles. The van der Waals surface area contributed by atoms with Crippen LogP contribution in [0.5, 0.6) is 0 Å². The van der Waals surface area contributed by atoms with Gasteiger partial charge in [-0.25, -0.2) is 4.79 Å². The summed E-state index contributed by atoms with van der Waals surface area (Å²) < 4.78 is 2.68. The van der Waals surface area contributed by atoms with Crippen LogP contribution in [-0.2, 0) is 6.54 Å². The fourth-order valence-electron chi connectivity index (χ4n) is 1.07. The summed E-state index contributed by atoms with van der Waals surface area (Å²) in [5.74, 6) is -0.894. The highest BCUT2D eigenvalue weighted by molar-refractivity contribution is 9.10. The Morgan fingerprint density at radius 2 is 2.29 bits per heavy atom. The normalized spacial score (nSPS) is 10.9. The van der Waals surface area contributed by atoms with Crippen LogP contribution in [0.15, 0.2) is 16.9 Å². The molecule has 0 aliphatic rings. The Morgan fingerprint density at radius 3 is 2.71 bits per heavy atom. The second-order valence-electron chi connectivity index (χ2n) is 3.35. The number of carboxylic acids is 1. The third-order valence-corrected chi connectivity index (χ3v) is 2.56. The first-order chi connectivity index (χ1) is 6.50. The lowest BCUT2D eigenvalue weighted by atomic mass is 10.4. The average molecular weight is 261 g/mol. The quantitative estimate of drug-likeness (QED) is 0.893. The third-order valence-electron chi connectivity index (χ3n) is 1.88. The van der Waals surface area contributed by atoms with E-state index in [0.717, 1.165) is 17.7 Å². The number of hydrogen-bond acceptors (Lipinski definition) is 2. The number of rotatable bonds is 4. The summed E-state index contributed by atoms with van der Waals surface area (Å²) in [6.07, 6.45) is 1.63. The van der Waals surface area contributed by atoms with Gasteiger partial charge in [0.15, 0.2) is 0 Å². The lowest BCUT2D eigenvalue weighted by Gasteiger charge is -2.10. The molecule has 1 N–H and O–H groups in total. The zero-order chi connectivity index (χ0) is 10.7. The molecule has 0 atom stereocenters. The molecule has 0 saturated carbocycles. The molecule has 0 spiro atoms. The highest BCUT2D eigenvalue weighted by atomic mass is 79.9. The van der Waals surface area contributed by atoms with Crippen molar-refractivity contribution in [2.75, 3.05) is 20.6 Å². The molecule has 0 unspecified atom stereocenters. The van der Waals surface area contributed by atoms with E-state index in [0.29, 0.717) is 5.56 Å². The Hall–Kier alpha value is -0.810. The number of aromatic nitrogens is 1. The van der Waals surface area contributed by atoms with Crippen molar-refractivity contribution >= 4 is 21.9 Å².